The predicted octanol–water partition coefficient (Wildman–Crippen LogP) is 3.56. The van der Waals surface area contributed by atoms with Gasteiger partial charge in [-0.3, -0.25) is 0 Å². The fourth-order valence-corrected chi connectivity index (χ4v) is 1.20. The van der Waals surface area contributed by atoms with Gasteiger partial charge in [0, 0.05) is 5.33 Å². The summed E-state index contributed by atoms with van der Waals surface area (Å²) in [5, 5.41) is 1.16. The van der Waals surface area contributed by atoms with Gasteiger partial charge in [-0.25, -0.2) is 0 Å². The Morgan fingerprint density at radius 1 is 0.889 bits per heavy atom. The minimum Gasteiger partial charge on any atom is -0.0928 e. The topological polar surface area (TPSA) is 0 Å². The maximum atomic E-state index is 3.79. The van der Waals surface area contributed by atoms with E-state index in [1.807, 2.05) is 0 Å². The molecule has 55 valence electrons. The zero-order valence-corrected chi connectivity index (χ0v) is 7.62. The molecule has 0 spiro atoms. The van der Waals surface area contributed by atoms with E-state index < -0.39 is 0 Å². The Bertz CT molecular complexity index is 37.8. The van der Waals surface area contributed by atoms with Crippen molar-refractivity contribution in [3.8, 4) is 0 Å². The molecule has 0 aromatic rings. The smallest absolute Gasteiger partial charge is 0.00313 e. The SMILES string of the molecule is [CH2]CCCCCCCBr. The lowest BCUT2D eigenvalue weighted by atomic mass is 10.1. The first-order valence-electron chi connectivity index (χ1n) is 3.77. The van der Waals surface area contributed by atoms with Crippen LogP contribution in [0.25, 0.3) is 0 Å². The van der Waals surface area contributed by atoms with Gasteiger partial charge >= 0.3 is 0 Å². The summed E-state index contributed by atoms with van der Waals surface area (Å²) < 4.78 is 0. The molecule has 0 N–H and O–H groups in total. The van der Waals surface area contributed by atoms with Crippen molar-refractivity contribution >= 4 is 15.9 Å². The monoisotopic (exact) mass is 191 g/mol. The van der Waals surface area contributed by atoms with Crippen molar-refractivity contribution in [3.63, 3.8) is 0 Å². The summed E-state index contributed by atoms with van der Waals surface area (Å²) in [6, 6.07) is 0. The van der Waals surface area contributed by atoms with Gasteiger partial charge in [0.25, 0.3) is 0 Å². The van der Waals surface area contributed by atoms with Gasteiger partial charge < -0.3 is 0 Å². The molecule has 9 heavy (non-hydrogen) atoms. The Morgan fingerprint density at radius 2 is 1.44 bits per heavy atom. The van der Waals surface area contributed by atoms with Crippen LogP contribution in [0.1, 0.15) is 38.5 Å². The van der Waals surface area contributed by atoms with Crippen LogP contribution in [-0.4, -0.2) is 5.33 Å². The van der Waals surface area contributed by atoms with E-state index in [-0.39, 0.29) is 0 Å². The summed E-state index contributed by atoms with van der Waals surface area (Å²) in [7, 11) is 0. The van der Waals surface area contributed by atoms with Crippen LogP contribution in [0, 0.1) is 6.92 Å². The van der Waals surface area contributed by atoms with Crippen LogP contribution in [0.3, 0.4) is 0 Å². The third-order valence-electron chi connectivity index (χ3n) is 1.38. The summed E-state index contributed by atoms with van der Waals surface area (Å²) in [6.07, 6.45) is 7.89. The second-order valence-electron chi connectivity index (χ2n) is 2.31. The third-order valence-corrected chi connectivity index (χ3v) is 1.94. The highest BCUT2D eigenvalue weighted by Gasteiger charge is 1.86. The zero-order valence-electron chi connectivity index (χ0n) is 6.03. The summed E-state index contributed by atoms with van der Waals surface area (Å²) in [6.45, 7) is 3.79. The molecule has 0 saturated heterocycles. The van der Waals surface area contributed by atoms with Crippen molar-refractivity contribution in [1.29, 1.82) is 0 Å². The standard InChI is InChI=1S/C8H16Br/c1-2-3-4-5-6-7-8-9/h1-8H2. The first kappa shape index (κ1) is 9.48. The van der Waals surface area contributed by atoms with E-state index in [4.69, 9.17) is 0 Å². The number of hydrogen-bond donors (Lipinski definition) is 0. The molecule has 0 fully saturated rings. The van der Waals surface area contributed by atoms with Gasteiger partial charge in [0.2, 0.25) is 0 Å². The summed E-state index contributed by atoms with van der Waals surface area (Å²) >= 11 is 3.41. The molecule has 0 amide bonds. The molecule has 0 aromatic heterocycles. The van der Waals surface area contributed by atoms with Gasteiger partial charge in [-0.2, -0.15) is 0 Å². The van der Waals surface area contributed by atoms with Crippen LogP contribution in [0.15, 0.2) is 0 Å². The van der Waals surface area contributed by atoms with Gasteiger partial charge in [-0.05, 0) is 6.42 Å². The number of unbranched alkanes of at least 4 members (excludes halogenated alkanes) is 5. The predicted molar refractivity (Wildman–Crippen MR) is 46.9 cm³/mol. The van der Waals surface area contributed by atoms with Crippen molar-refractivity contribution in [3.05, 3.63) is 6.92 Å². The highest BCUT2D eigenvalue weighted by Crippen LogP contribution is 2.05. The van der Waals surface area contributed by atoms with E-state index in [9.17, 15) is 0 Å². The van der Waals surface area contributed by atoms with Crippen molar-refractivity contribution in [1.82, 2.24) is 0 Å². The van der Waals surface area contributed by atoms with E-state index in [1.165, 1.54) is 32.1 Å². The second kappa shape index (κ2) is 8.48. The molecule has 1 heteroatoms. The summed E-state index contributed by atoms with van der Waals surface area (Å²) in [4.78, 5) is 0. The number of rotatable bonds is 6. The number of alkyl halides is 1. The van der Waals surface area contributed by atoms with Crippen molar-refractivity contribution in [2.45, 2.75) is 38.5 Å². The Hall–Kier alpha value is 0.480. The molecule has 0 rings (SSSR count). The molecular formula is C8H16Br. The van der Waals surface area contributed by atoms with Gasteiger partial charge in [-0.15, -0.1) is 0 Å². The molecule has 0 heterocycles. The molecule has 0 aliphatic rings. The van der Waals surface area contributed by atoms with Crippen LogP contribution < -0.4 is 0 Å². The van der Waals surface area contributed by atoms with E-state index in [2.05, 4.69) is 22.9 Å². The Morgan fingerprint density at radius 3 is 2.00 bits per heavy atom. The molecule has 0 nitrogen and oxygen atoms in total. The maximum Gasteiger partial charge on any atom is 0.00313 e. The molecule has 0 bridgehead atoms. The Kier molecular flexibility index (Phi) is 8.93. The quantitative estimate of drug-likeness (QED) is 0.446. The Labute approximate surface area is 67.2 Å². The lowest BCUT2D eigenvalue weighted by Crippen LogP contribution is -1.78. The molecular weight excluding hydrogens is 176 g/mol. The first-order chi connectivity index (χ1) is 4.41. The van der Waals surface area contributed by atoms with Crippen LogP contribution in [0.5, 0.6) is 0 Å². The number of hydrogen-bond acceptors (Lipinski definition) is 0. The molecule has 0 saturated carbocycles. The highest BCUT2D eigenvalue weighted by molar-refractivity contribution is 9.09. The maximum absolute atomic E-state index is 3.79. The van der Waals surface area contributed by atoms with Crippen molar-refractivity contribution < 1.29 is 0 Å². The van der Waals surface area contributed by atoms with Gasteiger partial charge in [-0.1, -0.05) is 55.0 Å². The molecule has 0 unspecified atom stereocenters. The lowest BCUT2D eigenvalue weighted by Gasteiger charge is -1.95. The first-order valence-corrected chi connectivity index (χ1v) is 4.89. The highest BCUT2D eigenvalue weighted by atomic mass is 79.9. The molecule has 1 radical (unpaired) electrons. The normalized spacial score (nSPS) is 10.0. The molecule has 0 aliphatic heterocycles. The largest absolute Gasteiger partial charge is 0.0928 e. The molecule has 0 aromatic carbocycles. The second-order valence-corrected chi connectivity index (χ2v) is 3.10. The summed E-state index contributed by atoms with van der Waals surface area (Å²) in [5.74, 6) is 0. The van der Waals surface area contributed by atoms with Crippen molar-refractivity contribution in [2.24, 2.45) is 0 Å². The molecule has 0 aliphatic carbocycles. The van der Waals surface area contributed by atoms with E-state index in [0.717, 1.165) is 11.8 Å². The van der Waals surface area contributed by atoms with Crippen LogP contribution in [0.4, 0.5) is 0 Å². The zero-order chi connectivity index (χ0) is 6.95. The van der Waals surface area contributed by atoms with E-state index >= 15 is 0 Å². The van der Waals surface area contributed by atoms with Crippen molar-refractivity contribution in [2.75, 3.05) is 5.33 Å². The minimum absolute atomic E-state index is 1.11. The van der Waals surface area contributed by atoms with Crippen LogP contribution >= 0.6 is 15.9 Å². The Balaban J connectivity index is 2.60. The minimum atomic E-state index is 1.11. The number of halogens is 1. The van der Waals surface area contributed by atoms with Gasteiger partial charge in [0.1, 0.15) is 0 Å². The average Bonchev–Trinajstić information content (AvgIpc) is 1.89. The van der Waals surface area contributed by atoms with Gasteiger partial charge in [0.05, 0.1) is 0 Å². The van der Waals surface area contributed by atoms with E-state index in [0.29, 0.717) is 0 Å². The van der Waals surface area contributed by atoms with E-state index in [1.54, 1.807) is 0 Å². The molecule has 0 atom stereocenters. The fourth-order valence-electron chi connectivity index (χ4n) is 0.802. The third kappa shape index (κ3) is 8.48. The van der Waals surface area contributed by atoms with Crippen LogP contribution in [-0.2, 0) is 0 Å². The lowest BCUT2D eigenvalue weighted by molar-refractivity contribution is 0.640. The average molecular weight is 192 g/mol. The van der Waals surface area contributed by atoms with Gasteiger partial charge in [0.15, 0.2) is 0 Å². The summed E-state index contributed by atoms with van der Waals surface area (Å²) in [5.41, 5.74) is 0. The van der Waals surface area contributed by atoms with Crippen LogP contribution in [0.2, 0.25) is 0 Å². The fraction of sp³-hybridized carbons (Fsp3) is 0.875.